The van der Waals surface area contributed by atoms with Crippen LogP contribution in [0.4, 0.5) is 0 Å². The number of halogens is 1. The van der Waals surface area contributed by atoms with E-state index < -0.39 is 0 Å². The van der Waals surface area contributed by atoms with Crippen LogP contribution < -0.4 is 5.69 Å². The van der Waals surface area contributed by atoms with Crippen molar-refractivity contribution in [3.63, 3.8) is 0 Å². The Balaban J connectivity index is 3.35. The fraction of sp³-hybridized carbons (Fsp3) is 0.556. The first-order valence-electron chi connectivity index (χ1n) is 4.31. The summed E-state index contributed by atoms with van der Waals surface area (Å²) >= 11 is 3.41. The summed E-state index contributed by atoms with van der Waals surface area (Å²) in [5.41, 5.74) is 1.56. The molecule has 0 aromatic carbocycles. The SMILES string of the molecule is CCCn1c(C)c(Br)c(C)nc1=O. The molecule has 0 aliphatic heterocycles. The van der Waals surface area contributed by atoms with Crippen LogP contribution in [-0.4, -0.2) is 9.55 Å². The van der Waals surface area contributed by atoms with Gasteiger partial charge in [-0.05, 0) is 36.2 Å². The van der Waals surface area contributed by atoms with Crippen molar-refractivity contribution in [2.45, 2.75) is 33.7 Å². The second-order valence-corrected chi connectivity index (χ2v) is 3.82. The summed E-state index contributed by atoms with van der Waals surface area (Å²) in [5.74, 6) is 0. The van der Waals surface area contributed by atoms with E-state index in [1.165, 1.54) is 0 Å². The molecule has 0 N–H and O–H groups in total. The maximum atomic E-state index is 11.4. The molecule has 1 aromatic rings. The molecule has 0 radical (unpaired) electrons. The van der Waals surface area contributed by atoms with E-state index in [1.54, 1.807) is 4.57 Å². The molecular formula is C9H13BrN2O. The molecule has 0 saturated heterocycles. The van der Waals surface area contributed by atoms with Gasteiger partial charge in [0, 0.05) is 12.2 Å². The van der Waals surface area contributed by atoms with Gasteiger partial charge in [-0.3, -0.25) is 4.57 Å². The molecule has 13 heavy (non-hydrogen) atoms. The van der Waals surface area contributed by atoms with E-state index in [1.807, 2.05) is 20.8 Å². The van der Waals surface area contributed by atoms with Crippen LogP contribution in [0.3, 0.4) is 0 Å². The molecule has 4 heteroatoms. The molecule has 0 atom stereocenters. The van der Waals surface area contributed by atoms with E-state index in [4.69, 9.17) is 0 Å². The third-order valence-corrected chi connectivity index (χ3v) is 3.13. The Kier molecular flexibility index (Phi) is 3.25. The third-order valence-electron chi connectivity index (χ3n) is 1.98. The Bertz CT molecular complexity index is 371. The van der Waals surface area contributed by atoms with Crippen molar-refractivity contribution in [1.29, 1.82) is 0 Å². The van der Waals surface area contributed by atoms with Crippen molar-refractivity contribution in [3.8, 4) is 0 Å². The molecule has 0 fully saturated rings. The summed E-state index contributed by atoms with van der Waals surface area (Å²) < 4.78 is 2.62. The number of aryl methyl sites for hydroxylation is 1. The van der Waals surface area contributed by atoms with Gasteiger partial charge in [-0.15, -0.1) is 0 Å². The largest absolute Gasteiger partial charge is 0.348 e. The average Bonchev–Trinajstić information content (AvgIpc) is 2.09. The van der Waals surface area contributed by atoms with Crippen LogP contribution in [0, 0.1) is 13.8 Å². The van der Waals surface area contributed by atoms with Gasteiger partial charge in [0.05, 0.1) is 10.2 Å². The lowest BCUT2D eigenvalue weighted by Crippen LogP contribution is -2.26. The van der Waals surface area contributed by atoms with Crippen LogP contribution in [-0.2, 0) is 6.54 Å². The van der Waals surface area contributed by atoms with Gasteiger partial charge in [0.1, 0.15) is 0 Å². The van der Waals surface area contributed by atoms with Gasteiger partial charge in [0.25, 0.3) is 0 Å². The van der Waals surface area contributed by atoms with Crippen molar-refractivity contribution in [3.05, 3.63) is 26.3 Å². The smallest absolute Gasteiger partial charge is 0.295 e. The molecule has 0 bridgehead atoms. The zero-order valence-electron chi connectivity index (χ0n) is 8.09. The number of nitrogens with zero attached hydrogens (tertiary/aromatic N) is 2. The van der Waals surface area contributed by atoms with E-state index in [9.17, 15) is 4.79 Å². The summed E-state index contributed by atoms with van der Waals surface area (Å²) in [6.45, 7) is 6.53. The summed E-state index contributed by atoms with van der Waals surface area (Å²) in [6, 6.07) is 0. The van der Waals surface area contributed by atoms with Crippen molar-refractivity contribution < 1.29 is 0 Å². The number of rotatable bonds is 2. The molecule has 0 spiro atoms. The minimum atomic E-state index is -0.153. The van der Waals surface area contributed by atoms with Gasteiger partial charge in [0.15, 0.2) is 0 Å². The van der Waals surface area contributed by atoms with Crippen LogP contribution in [0.2, 0.25) is 0 Å². The van der Waals surface area contributed by atoms with Gasteiger partial charge < -0.3 is 0 Å². The molecule has 1 rings (SSSR count). The Morgan fingerprint density at radius 1 is 1.46 bits per heavy atom. The van der Waals surface area contributed by atoms with E-state index in [0.717, 1.165) is 28.8 Å². The lowest BCUT2D eigenvalue weighted by molar-refractivity contribution is 0.610. The standard InChI is InChI=1S/C9H13BrN2O/c1-4-5-12-7(3)8(10)6(2)11-9(12)13/h4-5H2,1-3H3. The van der Waals surface area contributed by atoms with E-state index in [0.29, 0.717) is 0 Å². The monoisotopic (exact) mass is 244 g/mol. The normalized spacial score (nSPS) is 10.5. The van der Waals surface area contributed by atoms with Gasteiger partial charge in [-0.2, -0.15) is 4.98 Å². The second kappa shape index (κ2) is 4.05. The van der Waals surface area contributed by atoms with Gasteiger partial charge in [-0.1, -0.05) is 6.92 Å². The molecular weight excluding hydrogens is 232 g/mol. The molecule has 1 heterocycles. The molecule has 0 amide bonds. The molecule has 3 nitrogen and oxygen atoms in total. The zero-order valence-corrected chi connectivity index (χ0v) is 9.68. The predicted octanol–water partition coefficient (Wildman–Crippen LogP) is 2.03. The van der Waals surface area contributed by atoms with Crippen molar-refractivity contribution >= 4 is 15.9 Å². The molecule has 1 aromatic heterocycles. The van der Waals surface area contributed by atoms with Gasteiger partial charge in [-0.25, -0.2) is 4.79 Å². The topological polar surface area (TPSA) is 34.9 Å². The fourth-order valence-corrected chi connectivity index (χ4v) is 1.57. The van der Waals surface area contributed by atoms with Crippen LogP contribution in [0.1, 0.15) is 24.7 Å². The predicted molar refractivity (Wildman–Crippen MR) is 56.0 cm³/mol. The van der Waals surface area contributed by atoms with Crippen molar-refractivity contribution in [2.75, 3.05) is 0 Å². The summed E-state index contributed by atoms with van der Waals surface area (Å²) in [7, 11) is 0. The lowest BCUT2D eigenvalue weighted by Gasteiger charge is -2.10. The Morgan fingerprint density at radius 2 is 2.08 bits per heavy atom. The molecule has 0 aliphatic rings. The first-order valence-corrected chi connectivity index (χ1v) is 5.10. The first-order chi connectivity index (χ1) is 6.07. The summed E-state index contributed by atoms with van der Waals surface area (Å²) in [5, 5.41) is 0. The highest BCUT2D eigenvalue weighted by atomic mass is 79.9. The molecule has 72 valence electrons. The Labute approximate surface area is 85.9 Å². The maximum absolute atomic E-state index is 11.4. The van der Waals surface area contributed by atoms with Crippen LogP contribution in [0.15, 0.2) is 9.27 Å². The van der Waals surface area contributed by atoms with E-state index in [-0.39, 0.29) is 5.69 Å². The minimum Gasteiger partial charge on any atom is -0.295 e. The van der Waals surface area contributed by atoms with Crippen molar-refractivity contribution in [2.24, 2.45) is 0 Å². The fourth-order valence-electron chi connectivity index (χ4n) is 1.26. The van der Waals surface area contributed by atoms with E-state index >= 15 is 0 Å². The highest BCUT2D eigenvalue weighted by Crippen LogP contribution is 2.16. The highest BCUT2D eigenvalue weighted by molar-refractivity contribution is 9.10. The molecule has 0 unspecified atom stereocenters. The Morgan fingerprint density at radius 3 is 2.62 bits per heavy atom. The average molecular weight is 245 g/mol. The van der Waals surface area contributed by atoms with Crippen LogP contribution in [0.5, 0.6) is 0 Å². The van der Waals surface area contributed by atoms with Gasteiger partial charge in [0.2, 0.25) is 0 Å². The highest BCUT2D eigenvalue weighted by Gasteiger charge is 2.07. The lowest BCUT2D eigenvalue weighted by atomic mass is 10.3. The van der Waals surface area contributed by atoms with Crippen LogP contribution in [0.25, 0.3) is 0 Å². The summed E-state index contributed by atoms with van der Waals surface area (Å²) in [4.78, 5) is 15.3. The quantitative estimate of drug-likeness (QED) is 0.799. The van der Waals surface area contributed by atoms with E-state index in [2.05, 4.69) is 20.9 Å². The Hall–Kier alpha value is -0.640. The maximum Gasteiger partial charge on any atom is 0.348 e. The number of aromatic nitrogens is 2. The second-order valence-electron chi connectivity index (χ2n) is 3.03. The van der Waals surface area contributed by atoms with Crippen molar-refractivity contribution in [1.82, 2.24) is 9.55 Å². The van der Waals surface area contributed by atoms with Gasteiger partial charge >= 0.3 is 5.69 Å². The minimum absolute atomic E-state index is 0.153. The molecule has 0 aliphatic carbocycles. The number of hydrogen-bond donors (Lipinski definition) is 0. The zero-order chi connectivity index (χ0) is 10.0. The van der Waals surface area contributed by atoms with Crippen LogP contribution >= 0.6 is 15.9 Å². The number of hydrogen-bond acceptors (Lipinski definition) is 2. The molecule has 0 saturated carbocycles. The first kappa shape index (κ1) is 10.4. The third kappa shape index (κ3) is 1.99. The summed E-state index contributed by atoms with van der Waals surface area (Å²) in [6.07, 6.45) is 0.942.